The Morgan fingerprint density at radius 1 is 1.20 bits per heavy atom. The maximum Gasteiger partial charge on any atom is 0.412 e. The van der Waals surface area contributed by atoms with Crippen molar-refractivity contribution in [2.75, 3.05) is 19.4 Å². The van der Waals surface area contributed by atoms with Crippen molar-refractivity contribution in [1.82, 2.24) is 4.90 Å². The molecule has 2 amide bonds. The van der Waals surface area contributed by atoms with Gasteiger partial charge in [-0.3, -0.25) is 15.1 Å². The van der Waals surface area contributed by atoms with Crippen LogP contribution in [0.1, 0.15) is 52.6 Å². The zero-order chi connectivity index (χ0) is 19.2. The van der Waals surface area contributed by atoms with E-state index in [2.05, 4.69) is 10.3 Å². The van der Waals surface area contributed by atoms with E-state index in [1.807, 2.05) is 13.8 Å². The maximum atomic E-state index is 12.4. The fourth-order valence-electron chi connectivity index (χ4n) is 2.00. The van der Waals surface area contributed by atoms with Crippen LogP contribution in [0.3, 0.4) is 0 Å². The minimum atomic E-state index is -0.578. The van der Waals surface area contributed by atoms with E-state index in [0.717, 1.165) is 17.7 Å². The van der Waals surface area contributed by atoms with E-state index in [-0.39, 0.29) is 5.91 Å². The van der Waals surface area contributed by atoms with E-state index in [9.17, 15) is 9.59 Å². The molecule has 0 aliphatic rings. The number of anilines is 1. The standard InChI is InChI=1S/C19H29N3O3/c1-8-13(2)20-16(17(23)22(6)7)14-9-11-15(12-10-14)21-18(24)25-19(3,4)5/h9-12,16H,8H2,1-7H3,(H,21,24). The van der Waals surface area contributed by atoms with Crippen LogP contribution in [0, 0.1) is 0 Å². The number of hydrogen-bond donors (Lipinski definition) is 1. The number of amides is 2. The summed E-state index contributed by atoms with van der Waals surface area (Å²) in [6.07, 6.45) is 0.274. The molecule has 1 aromatic carbocycles. The van der Waals surface area contributed by atoms with Crippen LogP contribution in [0.25, 0.3) is 0 Å². The highest BCUT2D eigenvalue weighted by Gasteiger charge is 2.22. The van der Waals surface area contributed by atoms with Crippen molar-refractivity contribution in [2.45, 2.75) is 52.7 Å². The summed E-state index contributed by atoms with van der Waals surface area (Å²) >= 11 is 0. The Kier molecular flexibility index (Phi) is 7.15. The molecule has 138 valence electrons. The highest BCUT2D eigenvalue weighted by Crippen LogP contribution is 2.22. The van der Waals surface area contributed by atoms with E-state index in [1.54, 1.807) is 59.1 Å². The minimum absolute atomic E-state index is 0.0827. The molecule has 1 aromatic rings. The summed E-state index contributed by atoms with van der Waals surface area (Å²) in [5, 5.41) is 2.68. The Balaban J connectivity index is 2.97. The number of likely N-dealkylation sites (N-methyl/N-ethyl adjacent to an activating group) is 1. The Morgan fingerprint density at radius 2 is 1.76 bits per heavy atom. The summed E-state index contributed by atoms with van der Waals surface area (Å²) in [4.78, 5) is 30.3. The average Bonchev–Trinajstić information content (AvgIpc) is 2.50. The average molecular weight is 347 g/mol. The predicted octanol–water partition coefficient (Wildman–Crippen LogP) is 4.03. The molecule has 6 nitrogen and oxygen atoms in total. The first-order valence-electron chi connectivity index (χ1n) is 8.38. The van der Waals surface area contributed by atoms with E-state index < -0.39 is 17.7 Å². The van der Waals surface area contributed by atoms with Crippen LogP contribution < -0.4 is 5.32 Å². The second-order valence-corrected chi connectivity index (χ2v) is 7.10. The molecule has 0 fully saturated rings. The van der Waals surface area contributed by atoms with Crippen molar-refractivity contribution in [3.05, 3.63) is 29.8 Å². The largest absolute Gasteiger partial charge is 0.444 e. The van der Waals surface area contributed by atoms with Crippen LogP contribution in [0.15, 0.2) is 29.3 Å². The van der Waals surface area contributed by atoms with Crippen molar-refractivity contribution in [2.24, 2.45) is 4.99 Å². The molecule has 0 saturated heterocycles. The highest BCUT2D eigenvalue weighted by atomic mass is 16.6. The molecule has 25 heavy (non-hydrogen) atoms. The number of hydrogen-bond acceptors (Lipinski definition) is 4. The molecular weight excluding hydrogens is 318 g/mol. The number of benzene rings is 1. The summed E-state index contributed by atoms with van der Waals surface area (Å²) < 4.78 is 5.22. The summed E-state index contributed by atoms with van der Waals surface area (Å²) in [7, 11) is 3.43. The summed E-state index contributed by atoms with van der Waals surface area (Å²) in [5.74, 6) is -0.0827. The fraction of sp³-hybridized carbons (Fsp3) is 0.526. The van der Waals surface area contributed by atoms with Crippen LogP contribution in [0.5, 0.6) is 0 Å². The molecule has 0 radical (unpaired) electrons. The van der Waals surface area contributed by atoms with Crippen molar-refractivity contribution in [3.8, 4) is 0 Å². The van der Waals surface area contributed by atoms with Gasteiger partial charge in [0.2, 0.25) is 0 Å². The van der Waals surface area contributed by atoms with Gasteiger partial charge in [0.15, 0.2) is 6.04 Å². The first-order chi connectivity index (χ1) is 11.5. The predicted molar refractivity (Wildman–Crippen MR) is 101 cm³/mol. The van der Waals surface area contributed by atoms with Crippen LogP contribution in [-0.2, 0) is 9.53 Å². The molecular formula is C19H29N3O3. The van der Waals surface area contributed by atoms with Gasteiger partial charge in [0.05, 0.1) is 0 Å². The fourth-order valence-corrected chi connectivity index (χ4v) is 2.00. The second-order valence-electron chi connectivity index (χ2n) is 7.10. The summed E-state index contributed by atoms with van der Waals surface area (Å²) in [6.45, 7) is 9.34. The first kappa shape index (κ1) is 20.7. The van der Waals surface area contributed by atoms with E-state index in [0.29, 0.717) is 5.69 Å². The van der Waals surface area contributed by atoms with Crippen molar-refractivity contribution >= 4 is 23.4 Å². The number of carbonyl (C=O) groups is 2. The molecule has 0 spiro atoms. The lowest BCUT2D eigenvalue weighted by molar-refractivity contribution is -0.130. The van der Waals surface area contributed by atoms with E-state index in [4.69, 9.17) is 4.74 Å². The normalized spacial score (nSPS) is 13.2. The number of nitrogens with zero attached hydrogens (tertiary/aromatic N) is 2. The van der Waals surface area contributed by atoms with Gasteiger partial charge in [-0.2, -0.15) is 0 Å². The molecule has 1 rings (SSSR count). The van der Waals surface area contributed by atoms with Crippen LogP contribution in [0.2, 0.25) is 0 Å². The second kappa shape index (κ2) is 8.65. The lowest BCUT2D eigenvalue weighted by Crippen LogP contribution is -2.28. The molecule has 1 N–H and O–H groups in total. The van der Waals surface area contributed by atoms with Crippen molar-refractivity contribution < 1.29 is 14.3 Å². The van der Waals surface area contributed by atoms with E-state index >= 15 is 0 Å². The molecule has 0 saturated carbocycles. The zero-order valence-electron chi connectivity index (χ0n) is 16.2. The summed E-state index contributed by atoms with van der Waals surface area (Å²) in [5.41, 5.74) is 1.74. The molecule has 0 aromatic heterocycles. The van der Waals surface area contributed by atoms with Gasteiger partial charge in [0.25, 0.3) is 5.91 Å². The molecule has 1 unspecified atom stereocenters. The Bertz CT molecular complexity index is 628. The monoisotopic (exact) mass is 347 g/mol. The molecule has 0 heterocycles. The third-order valence-corrected chi connectivity index (χ3v) is 3.41. The van der Waals surface area contributed by atoms with Crippen LogP contribution in [-0.4, -0.2) is 42.3 Å². The Labute approximate surface area is 150 Å². The van der Waals surface area contributed by atoms with Gasteiger partial charge in [0.1, 0.15) is 5.60 Å². The number of ether oxygens (including phenoxy) is 1. The topological polar surface area (TPSA) is 71.0 Å². The van der Waals surface area contributed by atoms with Crippen LogP contribution >= 0.6 is 0 Å². The van der Waals surface area contributed by atoms with Gasteiger partial charge in [-0.05, 0) is 51.8 Å². The molecule has 0 bridgehead atoms. The van der Waals surface area contributed by atoms with Gasteiger partial charge in [0, 0.05) is 25.5 Å². The van der Waals surface area contributed by atoms with E-state index in [1.165, 1.54) is 4.90 Å². The van der Waals surface area contributed by atoms with Gasteiger partial charge < -0.3 is 9.64 Å². The lowest BCUT2D eigenvalue weighted by atomic mass is 10.1. The maximum absolute atomic E-state index is 12.4. The Hall–Kier alpha value is -2.37. The SMILES string of the molecule is CCC(C)=NC(C(=O)N(C)C)c1ccc(NC(=O)OC(C)(C)C)cc1. The number of carbonyl (C=O) groups excluding carboxylic acids is 2. The smallest absolute Gasteiger partial charge is 0.412 e. The van der Waals surface area contributed by atoms with Gasteiger partial charge >= 0.3 is 6.09 Å². The minimum Gasteiger partial charge on any atom is -0.444 e. The molecule has 1 atom stereocenters. The number of rotatable bonds is 5. The number of aliphatic imine (C=N–C) groups is 1. The zero-order valence-corrected chi connectivity index (χ0v) is 16.2. The number of nitrogens with one attached hydrogen (secondary N) is 1. The highest BCUT2D eigenvalue weighted by molar-refractivity contribution is 5.89. The third kappa shape index (κ3) is 6.95. The Morgan fingerprint density at radius 3 is 2.20 bits per heavy atom. The first-order valence-corrected chi connectivity index (χ1v) is 8.38. The molecule has 0 aliphatic carbocycles. The van der Waals surface area contributed by atoms with Gasteiger partial charge in [-0.15, -0.1) is 0 Å². The van der Waals surface area contributed by atoms with Gasteiger partial charge in [-0.1, -0.05) is 19.1 Å². The molecule has 6 heteroatoms. The van der Waals surface area contributed by atoms with Crippen LogP contribution in [0.4, 0.5) is 10.5 Å². The quantitative estimate of drug-likeness (QED) is 0.817. The molecule has 0 aliphatic heterocycles. The van der Waals surface area contributed by atoms with Crippen molar-refractivity contribution in [1.29, 1.82) is 0 Å². The third-order valence-electron chi connectivity index (χ3n) is 3.41. The van der Waals surface area contributed by atoms with Crippen molar-refractivity contribution in [3.63, 3.8) is 0 Å². The summed E-state index contributed by atoms with van der Waals surface area (Å²) in [6, 6.07) is 6.50. The lowest BCUT2D eigenvalue weighted by Gasteiger charge is -2.20. The van der Waals surface area contributed by atoms with Gasteiger partial charge in [-0.25, -0.2) is 4.79 Å².